The first-order chi connectivity index (χ1) is 9.86. The Bertz CT molecular complexity index is 751. The number of aromatic carboxylic acids is 1. The predicted octanol–water partition coefficient (Wildman–Crippen LogP) is 2.40. The van der Waals surface area contributed by atoms with Gasteiger partial charge in [-0.25, -0.2) is 13.2 Å². The highest BCUT2D eigenvalue weighted by Gasteiger charge is 2.06. The maximum Gasteiger partial charge on any atom is 0.335 e. The van der Waals surface area contributed by atoms with Crippen molar-refractivity contribution < 1.29 is 18.3 Å². The molecule has 0 amide bonds. The first kappa shape index (κ1) is 15.1. The van der Waals surface area contributed by atoms with Crippen LogP contribution in [0.15, 0.2) is 53.4 Å². The lowest BCUT2D eigenvalue weighted by Crippen LogP contribution is -2.03. The number of hydrogen-bond acceptors (Lipinski definition) is 4. The van der Waals surface area contributed by atoms with Gasteiger partial charge in [0.1, 0.15) is 0 Å². The highest BCUT2D eigenvalue weighted by atomic mass is 32.2. The quantitative estimate of drug-likeness (QED) is 0.886. The van der Waals surface area contributed by atoms with E-state index in [0.717, 1.165) is 11.8 Å². The molecule has 21 heavy (non-hydrogen) atoms. The Morgan fingerprint density at radius 1 is 1.14 bits per heavy atom. The zero-order valence-electron chi connectivity index (χ0n) is 11.4. The van der Waals surface area contributed by atoms with E-state index < -0.39 is 15.8 Å². The van der Waals surface area contributed by atoms with Crippen LogP contribution in [0.25, 0.3) is 0 Å². The fraction of sp³-hybridized carbons (Fsp3) is 0.133. The number of rotatable bonds is 5. The summed E-state index contributed by atoms with van der Waals surface area (Å²) in [6.07, 6.45) is 1.16. The van der Waals surface area contributed by atoms with Crippen LogP contribution in [0, 0.1) is 0 Å². The number of carbonyl (C=O) groups is 1. The lowest BCUT2D eigenvalue weighted by Gasteiger charge is -2.08. The first-order valence-electron chi connectivity index (χ1n) is 6.22. The van der Waals surface area contributed by atoms with E-state index in [4.69, 9.17) is 5.11 Å². The van der Waals surface area contributed by atoms with Crippen molar-refractivity contribution in [3.05, 3.63) is 59.7 Å². The second kappa shape index (κ2) is 5.97. The molecule has 2 N–H and O–H groups in total. The SMILES string of the molecule is CS(=O)(=O)c1ccc(CNc2cccc(C(=O)O)c2)cc1. The fourth-order valence-corrected chi connectivity index (χ4v) is 2.45. The normalized spacial score (nSPS) is 11.1. The molecule has 2 rings (SSSR count). The topological polar surface area (TPSA) is 83.5 Å². The molecule has 0 heterocycles. The Morgan fingerprint density at radius 2 is 1.81 bits per heavy atom. The number of carboxylic acids is 1. The van der Waals surface area contributed by atoms with E-state index >= 15 is 0 Å². The summed E-state index contributed by atoms with van der Waals surface area (Å²) in [6, 6.07) is 13.1. The molecule has 0 aliphatic rings. The summed E-state index contributed by atoms with van der Waals surface area (Å²) in [5.41, 5.74) is 1.82. The molecule has 0 spiro atoms. The van der Waals surface area contributed by atoms with Gasteiger partial charge < -0.3 is 10.4 Å². The van der Waals surface area contributed by atoms with E-state index in [0.29, 0.717) is 12.2 Å². The summed E-state index contributed by atoms with van der Waals surface area (Å²) in [4.78, 5) is 11.2. The molecule has 0 saturated heterocycles. The smallest absolute Gasteiger partial charge is 0.335 e. The average Bonchev–Trinajstić information content (AvgIpc) is 2.45. The third kappa shape index (κ3) is 4.06. The molecule has 0 aromatic heterocycles. The number of benzene rings is 2. The second-order valence-corrected chi connectivity index (χ2v) is 6.67. The first-order valence-corrected chi connectivity index (χ1v) is 8.11. The summed E-state index contributed by atoms with van der Waals surface area (Å²) in [5, 5.41) is 12.0. The summed E-state index contributed by atoms with van der Waals surface area (Å²) in [6.45, 7) is 0.479. The van der Waals surface area contributed by atoms with Gasteiger partial charge in [-0.05, 0) is 35.9 Å². The minimum absolute atomic E-state index is 0.215. The van der Waals surface area contributed by atoms with Crippen LogP contribution in [-0.2, 0) is 16.4 Å². The van der Waals surface area contributed by atoms with Gasteiger partial charge in [0.15, 0.2) is 9.84 Å². The molecule has 5 nitrogen and oxygen atoms in total. The van der Waals surface area contributed by atoms with Gasteiger partial charge in [-0.3, -0.25) is 0 Å². The number of nitrogens with one attached hydrogen (secondary N) is 1. The number of sulfone groups is 1. The van der Waals surface area contributed by atoms with Crippen LogP contribution in [0.3, 0.4) is 0 Å². The Kier molecular flexibility index (Phi) is 4.28. The van der Waals surface area contributed by atoms with E-state index in [1.54, 1.807) is 42.5 Å². The highest BCUT2D eigenvalue weighted by Crippen LogP contribution is 2.14. The van der Waals surface area contributed by atoms with Crippen LogP contribution in [0.5, 0.6) is 0 Å². The molecule has 0 radical (unpaired) electrons. The van der Waals surface area contributed by atoms with Gasteiger partial charge in [0.2, 0.25) is 0 Å². The Hall–Kier alpha value is -2.34. The number of anilines is 1. The van der Waals surface area contributed by atoms with Crippen LogP contribution in [0.2, 0.25) is 0 Å². The van der Waals surface area contributed by atoms with Gasteiger partial charge in [0.05, 0.1) is 10.5 Å². The highest BCUT2D eigenvalue weighted by molar-refractivity contribution is 7.90. The van der Waals surface area contributed by atoms with Crippen molar-refractivity contribution in [2.45, 2.75) is 11.4 Å². The van der Waals surface area contributed by atoms with Crippen molar-refractivity contribution in [2.24, 2.45) is 0 Å². The second-order valence-electron chi connectivity index (χ2n) is 4.66. The van der Waals surface area contributed by atoms with Gasteiger partial charge in [0.25, 0.3) is 0 Å². The maximum atomic E-state index is 11.4. The van der Waals surface area contributed by atoms with Crippen molar-refractivity contribution in [2.75, 3.05) is 11.6 Å². The molecule has 0 aliphatic carbocycles. The monoisotopic (exact) mass is 305 g/mol. The van der Waals surface area contributed by atoms with Crippen LogP contribution < -0.4 is 5.32 Å². The molecule has 2 aromatic carbocycles. The molecule has 0 aliphatic heterocycles. The Labute approximate surface area is 123 Å². The molecule has 0 atom stereocenters. The van der Waals surface area contributed by atoms with Crippen LogP contribution in [0.1, 0.15) is 15.9 Å². The third-order valence-electron chi connectivity index (χ3n) is 2.96. The van der Waals surface area contributed by atoms with Crippen molar-refractivity contribution in [1.29, 1.82) is 0 Å². The van der Waals surface area contributed by atoms with Crippen molar-refractivity contribution >= 4 is 21.5 Å². The molecule has 110 valence electrons. The van der Waals surface area contributed by atoms with E-state index in [9.17, 15) is 13.2 Å². The molecular formula is C15H15NO4S. The predicted molar refractivity (Wildman–Crippen MR) is 80.3 cm³/mol. The summed E-state index contributed by atoms with van der Waals surface area (Å²) >= 11 is 0. The average molecular weight is 305 g/mol. The van der Waals surface area contributed by atoms with E-state index in [2.05, 4.69) is 5.32 Å². The molecule has 0 fully saturated rings. The van der Waals surface area contributed by atoms with Gasteiger partial charge in [0, 0.05) is 18.5 Å². The summed E-state index contributed by atoms with van der Waals surface area (Å²) in [7, 11) is -3.19. The maximum absolute atomic E-state index is 11.4. The zero-order valence-corrected chi connectivity index (χ0v) is 12.2. The van der Waals surface area contributed by atoms with Crippen LogP contribution in [-0.4, -0.2) is 25.7 Å². The molecule has 0 saturated carbocycles. The van der Waals surface area contributed by atoms with Gasteiger partial charge in [-0.1, -0.05) is 18.2 Å². The minimum atomic E-state index is -3.19. The minimum Gasteiger partial charge on any atom is -0.478 e. The molecule has 2 aromatic rings. The van der Waals surface area contributed by atoms with Crippen molar-refractivity contribution in [3.8, 4) is 0 Å². The lowest BCUT2D eigenvalue weighted by molar-refractivity contribution is 0.0697. The Balaban J connectivity index is 2.06. The van der Waals surface area contributed by atoms with E-state index in [-0.39, 0.29) is 10.5 Å². The third-order valence-corrected chi connectivity index (χ3v) is 4.09. The number of carboxylic acid groups (broad SMARTS) is 1. The van der Waals surface area contributed by atoms with Gasteiger partial charge >= 0.3 is 5.97 Å². The van der Waals surface area contributed by atoms with Gasteiger partial charge in [-0.2, -0.15) is 0 Å². The van der Waals surface area contributed by atoms with Crippen molar-refractivity contribution in [1.82, 2.24) is 0 Å². The molecule has 6 heteroatoms. The Morgan fingerprint density at radius 3 is 2.38 bits per heavy atom. The van der Waals surface area contributed by atoms with Gasteiger partial charge in [-0.15, -0.1) is 0 Å². The summed E-state index contributed by atoms with van der Waals surface area (Å²) < 4.78 is 22.7. The molecule has 0 unspecified atom stereocenters. The van der Waals surface area contributed by atoms with E-state index in [1.165, 1.54) is 6.07 Å². The lowest BCUT2D eigenvalue weighted by atomic mass is 10.2. The number of hydrogen-bond donors (Lipinski definition) is 2. The van der Waals surface area contributed by atoms with E-state index in [1.807, 2.05) is 0 Å². The van der Waals surface area contributed by atoms with Crippen LogP contribution in [0.4, 0.5) is 5.69 Å². The van der Waals surface area contributed by atoms with Crippen LogP contribution >= 0.6 is 0 Å². The zero-order chi connectivity index (χ0) is 15.5. The largest absolute Gasteiger partial charge is 0.478 e. The molecule has 0 bridgehead atoms. The standard InChI is InChI=1S/C15H15NO4S/c1-21(19,20)14-7-5-11(6-8-14)10-16-13-4-2-3-12(9-13)15(17)18/h2-9,16H,10H2,1H3,(H,17,18). The summed E-state index contributed by atoms with van der Waals surface area (Å²) in [5.74, 6) is -0.976. The van der Waals surface area contributed by atoms with Crippen molar-refractivity contribution in [3.63, 3.8) is 0 Å². The molecular weight excluding hydrogens is 290 g/mol. The fourth-order valence-electron chi connectivity index (χ4n) is 1.82.